The Kier molecular flexibility index (Phi) is 10.4. The number of anilines is 1. The molecule has 2 N–H and O–H groups in total. The molecule has 1 unspecified atom stereocenters. The van der Waals surface area contributed by atoms with E-state index in [2.05, 4.69) is 77.7 Å². The fourth-order valence-electron chi connectivity index (χ4n) is 3.49. The van der Waals surface area contributed by atoms with Crippen molar-refractivity contribution >= 4 is 35.8 Å². The number of aliphatic imine (C=N–C) groups is 1. The molecule has 1 aromatic heterocycles. The lowest BCUT2D eigenvalue weighted by Crippen LogP contribution is -2.41. The summed E-state index contributed by atoms with van der Waals surface area (Å²) in [4.78, 5) is 11.6. The van der Waals surface area contributed by atoms with Crippen LogP contribution in [0, 0.1) is 0 Å². The summed E-state index contributed by atoms with van der Waals surface area (Å²) in [5.41, 5.74) is 3.78. The van der Waals surface area contributed by atoms with Gasteiger partial charge in [-0.25, -0.2) is 9.98 Å². The highest BCUT2D eigenvalue weighted by molar-refractivity contribution is 14.0. The number of halogens is 1. The lowest BCUT2D eigenvalue weighted by Gasteiger charge is -2.32. The average molecular weight is 523 g/mol. The Bertz CT molecular complexity index is 796. The number of aryl methyl sites for hydroxylation is 1. The van der Waals surface area contributed by atoms with E-state index in [9.17, 15) is 0 Å². The summed E-state index contributed by atoms with van der Waals surface area (Å²) in [6.07, 6.45) is 3.21. The average Bonchev–Trinajstić information content (AvgIpc) is 2.76. The van der Waals surface area contributed by atoms with Crippen LogP contribution in [-0.2, 0) is 24.2 Å². The maximum Gasteiger partial charge on any atom is 0.191 e. The monoisotopic (exact) mass is 523 g/mol. The van der Waals surface area contributed by atoms with Gasteiger partial charge in [-0.1, -0.05) is 37.3 Å². The predicted molar refractivity (Wildman–Crippen MR) is 135 cm³/mol. The Morgan fingerprint density at radius 3 is 2.63 bits per heavy atom. The molecule has 1 fully saturated rings. The van der Waals surface area contributed by atoms with Gasteiger partial charge in [0.25, 0.3) is 0 Å². The third-order valence-electron chi connectivity index (χ3n) is 5.08. The molecule has 3 rings (SSSR count). The van der Waals surface area contributed by atoms with Gasteiger partial charge in [0.2, 0.25) is 0 Å². The molecule has 1 atom stereocenters. The highest BCUT2D eigenvalue weighted by atomic mass is 127. The first kappa shape index (κ1) is 24.4. The molecule has 2 heterocycles. The second kappa shape index (κ2) is 12.7. The maximum atomic E-state index is 5.61. The van der Waals surface area contributed by atoms with Crippen LogP contribution in [0.4, 0.5) is 5.82 Å². The predicted octanol–water partition coefficient (Wildman–Crippen LogP) is 3.74. The van der Waals surface area contributed by atoms with Gasteiger partial charge < -0.3 is 20.3 Å². The number of pyridine rings is 1. The lowest BCUT2D eigenvalue weighted by atomic mass is 10.1. The third kappa shape index (κ3) is 7.12. The third-order valence-corrected chi connectivity index (χ3v) is 5.08. The normalized spacial score (nSPS) is 16.7. The summed E-state index contributed by atoms with van der Waals surface area (Å²) in [6.45, 7) is 11.1. The second-order valence-electron chi connectivity index (χ2n) is 7.32. The smallest absolute Gasteiger partial charge is 0.191 e. The van der Waals surface area contributed by atoms with Crippen LogP contribution in [0.15, 0.2) is 47.6 Å². The van der Waals surface area contributed by atoms with Gasteiger partial charge in [0.05, 0.1) is 19.3 Å². The second-order valence-corrected chi connectivity index (χ2v) is 7.32. The Labute approximate surface area is 197 Å². The van der Waals surface area contributed by atoms with Gasteiger partial charge in [0, 0.05) is 32.4 Å². The van der Waals surface area contributed by atoms with E-state index in [1.807, 2.05) is 6.20 Å². The van der Waals surface area contributed by atoms with E-state index in [0.29, 0.717) is 6.54 Å². The zero-order valence-corrected chi connectivity index (χ0v) is 20.6. The van der Waals surface area contributed by atoms with Gasteiger partial charge in [0.15, 0.2) is 5.96 Å². The number of morpholine rings is 1. The summed E-state index contributed by atoms with van der Waals surface area (Å²) in [5, 5.41) is 6.77. The van der Waals surface area contributed by atoms with Crippen LogP contribution in [0.5, 0.6) is 0 Å². The summed E-state index contributed by atoms with van der Waals surface area (Å²) < 4.78 is 5.61. The lowest BCUT2D eigenvalue weighted by molar-refractivity contribution is 0.0529. The molecule has 0 spiro atoms. The van der Waals surface area contributed by atoms with Crippen molar-refractivity contribution in [3.8, 4) is 0 Å². The van der Waals surface area contributed by atoms with E-state index in [-0.39, 0.29) is 30.1 Å². The van der Waals surface area contributed by atoms with Crippen LogP contribution < -0.4 is 15.5 Å². The van der Waals surface area contributed by atoms with Crippen molar-refractivity contribution in [3.63, 3.8) is 0 Å². The van der Waals surface area contributed by atoms with E-state index >= 15 is 0 Å². The fraction of sp³-hybridized carbons (Fsp3) is 0.478. The molecule has 0 radical (unpaired) electrons. The molecule has 0 saturated carbocycles. The number of guanidine groups is 1. The number of nitrogens with one attached hydrogen (secondary N) is 2. The van der Waals surface area contributed by atoms with E-state index in [4.69, 9.17) is 9.73 Å². The number of benzene rings is 1. The number of aromatic nitrogens is 1. The maximum absolute atomic E-state index is 5.61. The van der Waals surface area contributed by atoms with Crippen LogP contribution >= 0.6 is 24.0 Å². The Morgan fingerprint density at radius 1 is 1.17 bits per heavy atom. The molecule has 2 aromatic rings. The fourth-order valence-corrected chi connectivity index (χ4v) is 3.49. The molecule has 1 aliphatic rings. The van der Waals surface area contributed by atoms with Crippen molar-refractivity contribution in [3.05, 3.63) is 59.3 Å². The molecule has 30 heavy (non-hydrogen) atoms. The minimum absolute atomic E-state index is 0. The first-order valence-corrected chi connectivity index (χ1v) is 10.6. The Balaban J connectivity index is 0.00000320. The van der Waals surface area contributed by atoms with E-state index in [0.717, 1.165) is 56.5 Å². The molecule has 7 heteroatoms. The Morgan fingerprint density at radius 2 is 1.97 bits per heavy atom. The van der Waals surface area contributed by atoms with Crippen LogP contribution in [0.25, 0.3) is 0 Å². The topological polar surface area (TPSA) is 61.8 Å². The Hall–Kier alpha value is -1.87. The van der Waals surface area contributed by atoms with Crippen molar-refractivity contribution < 1.29 is 4.74 Å². The zero-order chi connectivity index (χ0) is 20.5. The number of rotatable bonds is 7. The molecule has 6 nitrogen and oxygen atoms in total. The number of hydrogen-bond donors (Lipinski definition) is 2. The molecule has 0 aliphatic carbocycles. The zero-order valence-electron chi connectivity index (χ0n) is 18.2. The molecule has 0 amide bonds. The SMILES string of the molecule is CCNC(=NCc1ccc(N2CCOC(C)C2)nc1)NCc1ccccc1CC.I. The van der Waals surface area contributed by atoms with Crippen LogP contribution in [-0.4, -0.2) is 43.3 Å². The van der Waals surface area contributed by atoms with E-state index in [1.165, 1.54) is 11.1 Å². The van der Waals surface area contributed by atoms with Gasteiger partial charge in [-0.15, -0.1) is 24.0 Å². The first-order valence-electron chi connectivity index (χ1n) is 10.6. The van der Waals surface area contributed by atoms with Crippen LogP contribution in [0.2, 0.25) is 0 Å². The van der Waals surface area contributed by atoms with Gasteiger partial charge in [-0.3, -0.25) is 0 Å². The molecule has 164 valence electrons. The molecule has 1 aliphatic heterocycles. The van der Waals surface area contributed by atoms with Crippen molar-refractivity contribution in [1.29, 1.82) is 0 Å². The van der Waals surface area contributed by atoms with Gasteiger partial charge in [-0.2, -0.15) is 0 Å². The highest BCUT2D eigenvalue weighted by Gasteiger charge is 2.17. The van der Waals surface area contributed by atoms with Crippen molar-refractivity contribution in [2.45, 2.75) is 46.4 Å². The number of hydrogen-bond acceptors (Lipinski definition) is 4. The van der Waals surface area contributed by atoms with Gasteiger partial charge >= 0.3 is 0 Å². The van der Waals surface area contributed by atoms with Gasteiger partial charge in [-0.05, 0) is 43.0 Å². The quantitative estimate of drug-likeness (QED) is 0.329. The van der Waals surface area contributed by atoms with Crippen molar-refractivity contribution in [2.75, 3.05) is 31.1 Å². The molecule has 0 bridgehead atoms. The molecule has 1 saturated heterocycles. The van der Waals surface area contributed by atoms with Crippen LogP contribution in [0.1, 0.15) is 37.5 Å². The first-order chi connectivity index (χ1) is 14.2. The van der Waals surface area contributed by atoms with E-state index in [1.54, 1.807) is 0 Å². The van der Waals surface area contributed by atoms with Gasteiger partial charge in [0.1, 0.15) is 5.82 Å². The van der Waals surface area contributed by atoms with Crippen molar-refractivity contribution in [1.82, 2.24) is 15.6 Å². The standard InChI is InChI=1S/C23H33N5O.HI/c1-4-20-8-6-7-9-21(20)16-27-23(24-5-2)26-15-19-10-11-22(25-14-19)28-12-13-29-18(3)17-28;/h6-11,14,18H,4-5,12-13,15-17H2,1-3H3,(H2,24,26,27);1H. The van der Waals surface area contributed by atoms with Crippen LogP contribution in [0.3, 0.4) is 0 Å². The number of nitrogens with zero attached hydrogens (tertiary/aromatic N) is 3. The summed E-state index contributed by atoms with van der Waals surface area (Å²) in [6, 6.07) is 12.7. The number of ether oxygens (including phenoxy) is 1. The minimum atomic E-state index is 0. The summed E-state index contributed by atoms with van der Waals surface area (Å²) >= 11 is 0. The largest absolute Gasteiger partial charge is 0.375 e. The summed E-state index contributed by atoms with van der Waals surface area (Å²) in [5.74, 6) is 1.83. The minimum Gasteiger partial charge on any atom is -0.375 e. The molecular weight excluding hydrogens is 489 g/mol. The highest BCUT2D eigenvalue weighted by Crippen LogP contribution is 2.16. The van der Waals surface area contributed by atoms with E-state index < -0.39 is 0 Å². The summed E-state index contributed by atoms with van der Waals surface area (Å²) in [7, 11) is 0. The molecular formula is C23H34IN5O. The van der Waals surface area contributed by atoms with Crippen molar-refractivity contribution in [2.24, 2.45) is 4.99 Å². The molecule has 1 aromatic carbocycles.